The Kier molecular flexibility index (Phi) is 7.59. The molecular formula is C19H28N4O4S. The van der Waals surface area contributed by atoms with Crippen LogP contribution in [-0.4, -0.2) is 44.5 Å². The number of carbonyl (C=O) groups is 1. The Morgan fingerprint density at radius 1 is 1.18 bits per heavy atom. The molecule has 0 spiro atoms. The van der Waals surface area contributed by atoms with Crippen LogP contribution in [0.2, 0.25) is 0 Å². The number of aryl methyl sites for hydroxylation is 1. The molecule has 154 valence electrons. The van der Waals surface area contributed by atoms with Gasteiger partial charge in [0.25, 0.3) is 10.0 Å². The maximum atomic E-state index is 12.5. The summed E-state index contributed by atoms with van der Waals surface area (Å²) in [6, 6.07) is 5.99. The first kappa shape index (κ1) is 21.9. The number of anilines is 2. The van der Waals surface area contributed by atoms with Crippen LogP contribution in [0.4, 0.5) is 11.6 Å². The predicted octanol–water partition coefficient (Wildman–Crippen LogP) is 3.15. The average Bonchev–Trinajstić information content (AvgIpc) is 2.96. The predicted molar refractivity (Wildman–Crippen MR) is 109 cm³/mol. The molecule has 0 bridgehead atoms. The zero-order valence-electron chi connectivity index (χ0n) is 16.8. The van der Waals surface area contributed by atoms with Crippen LogP contribution < -0.4 is 10.0 Å². The molecule has 0 aliphatic heterocycles. The largest absolute Gasteiger partial charge is 0.337 e. The zero-order valence-corrected chi connectivity index (χ0v) is 17.6. The highest BCUT2D eigenvalue weighted by atomic mass is 32.2. The Morgan fingerprint density at radius 3 is 2.43 bits per heavy atom. The number of benzene rings is 1. The third-order valence-electron chi connectivity index (χ3n) is 4.45. The van der Waals surface area contributed by atoms with Gasteiger partial charge in [-0.25, -0.2) is 13.1 Å². The lowest BCUT2D eigenvalue weighted by Gasteiger charge is -2.15. The lowest BCUT2D eigenvalue weighted by Crippen LogP contribution is -2.25. The van der Waals surface area contributed by atoms with Crippen LogP contribution in [-0.2, 0) is 14.8 Å². The molecule has 9 heteroatoms. The van der Waals surface area contributed by atoms with E-state index in [1.807, 2.05) is 7.05 Å². The van der Waals surface area contributed by atoms with Crippen molar-refractivity contribution in [2.24, 2.45) is 0 Å². The van der Waals surface area contributed by atoms with Gasteiger partial charge in [0.05, 0.1) is 10.6 Å². The maximum absolute atomic E-state index is 12.5. The molecule has 0 aliphatic rings. The number of nitrogens with one attached hydrogen (secondary N) is 2. The van der Waals surface area contributed by atoms with E-state index < -0.39 is 10.0 Å². The van der Waals surface area contributed by atoms with Gasteiger partial charge >= 0.3 is 0 Å². The van der Waals surface area contributed by atoms with E-state index in [0.29, 0.717) is 29.9 Å². The van der Waals surface area contributed by atoms with Crippen molar-refractivity contribution in [3.8, 4) is 0 Å². The summed E-state index contributed by atoms with van der Waals surface area (Å²) in [7, 11) is -1.81. The van der Waals surface area contributed by atoms with Gasteiger partial charge in [0.2, 0.25) is 11.8 Å². The molecule has 0 fully saturated rings. The van der Waals surface area contributed by atoms with E-state index in [1.165, 1.54) is 12.1 Å². The van der Waals surface area contributed by atoms with Crippen LogP contribution in [0.1, 0.15) is 37.4 Å². The summed E-state index contributed by atoms with van der Waals surface area (Å²) >= 11 is 0. The summed E-state index contributed by atoms with van der Waals surface area (Å²) in [4.78, 5) is 14.3. The summed E-state index contributed by atoms with van der Waals surface area (Å²) in [5, 5.41) is 6.52. The van der Waals surface area contributed by atoms with Crippen LogP contribution in [0.5, 0.6) is 0 Å². The van der Waals surface area contributed by atoms with Gasteiger partial charge in [0.1, 0.15) is 0 Å². The number of amides is 1. The highest BCUT2D eigenvalue weighted by Crippen LogP contribution is 2.22. The molecule has 0 radical (unpaired) electrons. The number of hydrogen-bond donors (Lipinski definition) is 2. The van der Waals surface area contributed by atoms with E-state index in [9.17, 15) is 13.2 Å². The molecule has 28 heavy (non-hydrogen) atoms. The zero-order chi connectivity index (χ0) is 20.7. The molecule has 1 amide bonds. The molecule has 2 aromatic rings. The van der Waals surface area contributed by atoms with E-state index >= 15 is 0 Å². The second kappa shape index (κ2) is 9.70. The Morgan fingerprint density at radius 2 is 1.86 bits per heavy atom. The Hall–Kier alpha value is -2.39. The second-order valence-corrected chi connectivity index (χ2v) is 8.49. The van der Waals surface area contributed by atoms with Gasteiger partial charge in [-0.1, -0.05) is 18.5 Å². The van der Waals surface area contributed by atoms with E-state index in [-0.39, 0.29) is 16.7 Å². The molecule has 8 nitrogen and oxygen atoms in total. The fourth-order valence-electron chi connectivity index (χ4n) is 2.46. The average molecular weight is 409 g/mol. The quantitative estimate of drug-likeness (QED) is 0.626. The number of aromatic nitrogens is 1. The number of unbranched alkanes of at least 4 members (excludes halogenated alkanes) is 1. The minimum absolute atomic E-state index is 0.0678. The van der Waals surface area contributed by atoms with E-state index in [2.05, 4.69) is 27.0 Å². The fraction of sp³-hybridized carbons (Fsp3) is 0.474. The van der Waals surface area contributed by atoms with Crippen LogP contribution in [0.15, 0.2) is 33.7 Å². The standard InChI is InChI=1S/C19H28N4O4S/c1-5-6-12-23(4)13-11-18(24)20-16-7-9-17(10-8-16)28(25,26)22-19-14(2)15(3)21-27-19/h7-10,22H,5-6,11-13H2,1-4H3,(H,20,24). The minimum atomic E-state index is -3.80. The van der Waals surface area contributed by atoms with E-state index in [0.717, 1.165) is 19.4 Å². The van der Waals surface area contributed by atoms with Crippen molar-refractivity contribution in [2.75, 3.05) is 30.2 Å². The van der Waals surface area contributed by atoms with E-state index in [1.54, 1.807) is 26.0 Å². The SMILES string of the molecule is CCCCN(C)CCC(=O)Nc1ccc(S(=O)(=O)Nc2onc(C)c2C)cc1. The monoisotopic (exact) mass is 408 g/mol. The fourth-order valence-corrected chi connectivity index (χ4v) is 3.51. The molecule has 1 aromatic heterocycles. The van der Waals surface area contributed by atoms with Crippen LogP contribution in [0.25, 0.3) is 0 Å². The minimum Gasteiger partial charge on any atom is -0.337 e. The third kappa shape index (κ3) is 6.07. The van der Waals surface area contributed by atoms with Crippen molar-refractivity contribution in [3.05, 3.63) is 35.5 Å². The molecule has 0 saturated carbocycles. The number of rotatable bonds is 10. The van der Waals surface area contributed by atoms with Crippen molar-refractivity contribution in [1.82, 2.24) is 10.1 Å². The van der Waals surface area contributed by atoms with Gasteiger partial charge < -0.3 is 14.7 Å². The van der Waals surface area contributed by atoms with Gasteiger partial charge in [0.15, 0.2) is 0 Å². The summed E-state index contributed by atoms with van der Waals surface area (Å²) in [6.07, 6.45) is 2.61. The van der Waals surface area contributed by atoms with Crippen molar-refractivity contribution in [3.63, 3.8) is 0 Å². The van der Waals surface area contributed by atoms with Crippen LogP contribution >= 0.6 is 0 Å². The van der Waals surface area contributed by atoms with Gasteiger partial charge in [-0.05, 0) is 58.1 Å². The topological polar surface area (TPSA) is 105 Å². The third-order valence-corrected chi connectivity index (χ3v) is 5.79. The molecular weight excluding hydrogens is 380 g/mol. The van der Waals surface area contributed by atoms with Crippen LogP contribution in [0, 0.1) is 13.8 Å². The van der Waals surface area contributed by atoms with Crippen molar-refractivity contribution < 1.29 is 17.7 Å². The summed E-state index contributed by atoms with van der Waals surface area (Å²) in [5.41, 5.74) is 1.80. The van der Waals surface area contributed by atoms with E-state index in [4.69, 9.17) is 4.52 Å². The number of carbonyl (C=O) groups excluding carboxylic acids is 1. The normalized spacial score (nSPS) is 11.6. The Labute approximate surface area is 166 Å². The highest BCUT2D eigenvalue weighted by Gasteiger charge is 2.19. The van der Waals surface area contributed by atoms with Crippen molar-refractivity contribution in [1.29, 1.82) is 0 Å². The second-order valence-electron chi connectivity index (χ2n) is 6.81. The van der Waals surface area contributed by atoms with Gasteiger partial charge in [-0.15, -0.1) is 0 Å². The first-order valence-corrected chi connectivity index (χ1v) is 10.8. The van der Waals surface area contributed by atoms with Crippen molar-refractivity contribution in [2.45, 2.75) is 44.9 Å². The highest BCUT2D eigenvalue weighted by molar-refractivity contribution is 7.92. The van der Waals surface area contributed by atoms with Gasteiger partial charge in [-0.3, -0.25) is 4.79 Å². The van der Waals surface area contributed by atoms with Crippen LogP contribution in [0.3, 0.4) is 0 Å². The molecule has 0 unspecified atom stereocenters. The molecule has 0 aliphatic carbocycles. The first-order valence-electron chi connectivity index (χ1n) is 9.27. The molecule has 0 saturated heterocycles. The van der Waals surface area contributed by atoms with Gasteiger partial charge in [-0.2, -0.15) is 0 Å². The number of nitrogens with zero attached hydrogens (tertiary/aromatic N) is 2. The smallest absolute Gasteiger partial charge is 0.264 e. The first-order chi connectivity index (χ1) is 13.2. The summed E-state index contributed by atoms with van der Waals surface area (Å²) in [5.74, 6) is -0.00749. The lowest BCUT2D eigenvalue weighted by atomic mass is 10.3. The summed E-state index contributed by atoms with van der Waals surface area (Å²) < 4.78 is 32.3. The molecule has 2 N–H and O–H groups in total. The lowest BCUT2D eigenvalue weighted by molar-refractivity contribution is -0.116. The van der Waals surface area contributed by atoms with Crippen molar-refractivity contribution >= 4 is 27.5 Å². The molecule has 1 heterocycles. The molecule has 0 atom stereocenters. The Bertz CT molecular complexity index is 891. The maximum Gasteiger partial charge on any atom is 0.264 e. The Balaban J connectivity index is 1.93. The number of sulfonamides is 1. The summed E-state index contributed by atoms with van der Waals surface area (Å²) in [6.45, 7) is 7.23. The molecule has 1 aromatic carbocycles. The van der Waals surface area contributed by atoms with Gasteiger partial charge in [0, 0.05) is 24.2 Å². The molecule has 2 rings (SSSR count). The number of hydrogen-bond acceptors (Lipinski definition) is 6.